The topological polar surface area (TPSA) is 70.9 Å². The summed E-state index contributed by atoms with van der Waals surface area (Å²) in [7, 11) is 0. The maximum atomic E-state index is 13.5. The van der Waals surface area contributed by atoms with Crippen LogP contribution in [0.25, 0.3) is 0 Å². The van der Waals surface area contributed by atoms with Crippen LogP contribution in [0.1, 0.15) is 59.1 Å². The lowest BCUT2D eigenvalue weighted by Gasteiger charge is -2.37. The first kappa shape index (κ1) is 23.5. The van der Waals surface area contributed by atoms with Crippen molar-refractivity contribution in [2.24, 2.45) is 5.92 Å². The number of ether oxygens (including phenoxy) is 1. The maximum absolute atomic E-state index is 13.5. The normalized spacial score (nSPS) is 27.2. The van der Waals surface area contributed by atoms with Gasteiger partial charge in [0.2, 0.25) is 5.91 Å². The number of carbonyl (C=O) groups is 2. The minimum absolute atomic E-state index is 0.0112. The standard InChI is InChI=1S/C28H37N5O3/c1-17-6-5-7-24(20(17)4)30-8-10-31(11-9-30)25(34)16-33-27-22-12-21(22)13-23(27)26(29-33)28(35)32-14-18(2)36-19(3)15-32/h5-7,18-19,21-22H,8-16H2,1-4H3/t18-,19+,21-,22-/m1/s1. The highest BCUT2D eigenvalue weighted by Crippen LogP contribution is 2.57. The fourth-order valence-corrected chi connectivity index (χ4v) is 6.49. The van der Waals surface area contributed by atoms with Crippen molar-refractivity contribution in [2.75, 3.05) is 44.2 Å². The quantitative estimate of drug-likeness (QED) is 0.658. The number of aryl methyl sites for hydroxylation is 1. The number of carbonyl (C=O) groups excluding carboxylic acids is 2. The zero-order valence-electron chi connectivity index (χ0n) is 21.9. The van der Waals surface area contributed by atoms with Crippen molar-refractivity contribution < 1.29 is 14.3 Å². The Balaban J connectivity index is 1.16. The molecule has 1 saturated carbocycles. The Morgan fingerprint density at radius 3 is 2.47 bits per heavy atom. The van der Waals surface area contributed by atoms with Crippen molar-refractivity contribution >= 4 is 17.5 Å². The zero-order valence-corrected chi connectivity index (χ0v) is 21.9. The highest BCUT2D eigenvalue weighted by Gasteiger charge is 2.50. The molecule has 8 nitrogen and oxygen atoms in total. The number of morpholine rings is 1. The van der Waals surface area contributed by atoms with E-state index in [0.717, 1.165) is 37.2 Å². The van der Waals surface area contributed by atoms with Crippen LogP contribution < -0.4 is 4.90 Å². The van der Waals surface area contributed by atoms with Crippen LogP contribution in [-0.2, 0) is 22.5 Å². The Bertz CT molecular complexity index is 1190. The molecule has 3 heterocycles. The van der Waals surface area contributed by atoms with Gasteiger partial charge in [0.1, 0.15) is 6.54 Å². The number of hydrogen-bond acceptors (Lipinski definition) is 5. The molecular formula is C28H37N5O3. The second kappa shape index (κ2) is 8.91. The molecular weight excluding hydrogens is 454 g/mol. The minimum Gasteiger partial charge on any atom is -0.372 e. The molecule has 2 amide bonds. The second-order valence-corrected chi connectivity index (χ2v) is 11.2. The van der Waals surface area contributed by atoms with E-state index in [9.17, 15) is 9.59 Å². The number of aromatic nitrogens is 2. The van der Waals surface area contributed by atoms with E-state index >= 15 is 0 Å². The number of nitrogens with zero attached hydrogens (tertiary/aromatic N) is 5. The summed E-state index contributed by atoms with van der Waals surface area (Å²) in [5.74, 6) is 1.17. The number of amides is 2. The third kappa shape index (κ3) is 4.09. The second-order valence-electron chi connectivity index (χ2n) is 11.2. The maximum Gasteiger partial charge on any atom is 0.274 e. The van der Waals surface area contributed by atoms with Gasteiger partial charge in [-0.15, -0.1) is 0 Å². The molecule has 0 bridgehead atoms. The summed E-state index contributed by atoms with van der Waals surface area (Å²) in [6.45, 7) is 12.8. The van der Waals surface area contributed by atoms with Crippen molar-refractivity contribution in [3.05, 3.63) is 46.3 Å². The molecule has 2 saturated heterocycles. The largest absolute Gasteiger partial charge is 0.372 e. The van der Waals surface area contributed by atoms with E-state index in [-0.39, 0.29) is 30.6 Å². The zero-order chi connectivity index (χ0) is 25.1. The molecule has 0 radical (unpaired) electrons. The van der Waals surface area contributed by atoms with Crippen molar-refractivity contribution in [3.8, 4) is 0 Å². The number of rotatable bonds is 4. The summed E-state index contributed by atoms with van der Waals surface area (Å²) in [6.07, 6.45) is 2.11. The van der Waals surface area contributed by atoms with Gasteiger partial charge in [0.15, 0.2) is 5.69 Å². The summed E-state index contributed by atoms with van der Waals surface area (Å²) in [5.41, 5.74) is 6.65. The molecule has 36 heavy (non-hydrogen) atoms. The van der Waals surface area contributed by atoms with Gasteiger partial charge in [0.05, 0.1) is 12.2 Å². The third-order valence-corrected chi connectivity index (χ3v) is 8.58. The van der Waals surface area contributed by atoms with Crippen molar-refractivity contribution in [2.45, 2.75) is 65.2 Å². The summed E-state index contributed by atoms with van der Waals surface area (Å²) in [5, 5.41) is 4.78. The van der Waals surface area contributed by atoms with Gasteiger partial charge in [-0.2, -0.15) is 5.10 Å². The van der Waals surface area contributed by atoms with E-state index in [4.69, 9.17) is 9.84 Å². The molecule has 1 aromatic heterocycles. The van der Waals surface area contributed by atoms with Crippen molar-refractivity contribution in [1.29, 1.82) is 0 Å². The molecule has 2 aliphatic heterocycles. The lowest BCUT2D eigenvalue weighted by Crippen LogP contribution is -2.50. The Labute approximate surface area is 213 Å². The lowest BCUT2D eigenvalue weighted by molar-refractivity contribution is -0.132. The third-order valence-electron chi connectivity index (χ3n) is 8.58. The molecule has 3 fully saturated rings. The first-order valence-electron chi connectivity index (χ1n) is 13.4. The van der Waals surface area contributed by atoms with Crippen molar-refractivity contribution in [3.63, 3.8) is 0 Å². The van der Waals surface area contributed by atoms with Gasteiger partial charge in [0, 0.05) is 62.1 Å². The summed E-state index contributed by atoms with van der Waals surface area (Å²) < 4.78 is 7.69. The first-order valence-corrected chi connectivity index (χ1v) is 13.4. The van der Waals surface area contributed by atoms with Crippen LogP contribution in [0.3, 0.4) is 0 Å². The molecule has 6 rings (SSSR count). The Morgan fingerprint density at radius 1 is 1.03 bits per heavy atom. The smallest absolute Gasteiger partial charge is 0.274 e. The van der Waals surface area contributed by atoms with Crippen LogP contribution in [0.15, 0.2) is 18.2 Å². The van der Waals surface area contributed by atoms with E-state index < -0.39 is 0 Å². The molecule has 192 valence electrons. The molecule has 0 N–H and O–H groups in total. The SMILES string of the molecule is Cc1cccc(N2CCN(C(=O)Cn3nc(C(=O)N4C[C@@H](C)O[C@@H](C)C4)c4c3[C@@H]3C[C@@H]3C4)CC2)c1C. The lowest BCUT2D eigenvalue weighted by atomic mass is 10.1. The van der Waals surface area contributed by atoms with E-state index in [1.54, 1.807) is 0 Å². The predicted octanol–water partition coefficient (Wildman–Crippen LogP) is 2.76. The van der Waals surface area contributed by atoms with Crippen molar-refractivity contribution in [1.82, 2.24) is 19.6 Å². The average Bonchev–Trinajstić information content (AvgIpc) is 3.37. The Hall–Kier alpha value is -2.87. The van der Waals surface area contributed by atoms with Gasteiger partial charge in [-0.1, -0.05) is 12.1 Å². The molecule has 0 unspecified atom stereocenters. The van der Waals surface area contributed by atoms with Crippen LogP contribution in [0.4, 0.5) is 5.69 Å². The molecule has 0 spiro atoms. The van der Waals surface area contributed by atoms with E-state index in [1.807, 2.05) is 28.3 Å². The van der Waals surface area contributed by atoms with E-state index in [2.05, 4.69) is 36.9 Å². The van der Waals surface area contributed by atoms with Crippen LogP contribution in [0.5, 0.6) is 0 Å². The molecule has 8 heteroatoms. The molecule has 2 aliphatic carbocycles. The number of anilines is 1. The van der Waals surface area contributed by atoms with E-state index in [1.165, 1.54) is 16.8 Å². The van der Waals surface area contributed by atoms with Gasteiger partial charge in [-0.25, -0.2) is 0 Å². The first-order chi connectivity index (χ1) is 17.3. The predicted molar refractivity (Wildman–Crippen MR) is 137 cm³/mol. The number of benzene rings is 1. The summed E-state index contributed by atoms with van der Waals surface area (Å²) in [4.78, 5) is 33.1. The summed E-state index contributed by atoms with van der Waals surface area (Å²) >= 11 is 0. The number of piperazine rings is 1. The number of hydrogen-bond donors (Lipinski definition) is 0. The minimum atomic E-state index is -0.0112. The van der Waals surface area contributed by atoms with Crippen LogP contribution in [-0.4, -0.2) is 82.9 Å². The monoisotopic (exact) mass is 491 g/mol. The number of fused-ring (bicyclic) bond motifs is 3. The van der Waals surface area contributed by atoms with Gasteiger partial charge in [0.25, 0.3) is 5.91 Å². The average molecular weight is 492 g/mol. The van der Waals surface area contributed by atoms with Crippen LogP contribution in [0.2, 0.25) is 0 Å². The van der Waals surface area contributed by atoms with E-state index in [0.29, 0.717) is 43.7 Å². The van der Waals surface area contributed by atoms with Crippen LogP contribution >= 0.6 is 0 Å². The van der Waals surface area contributed by atoms with Gasteiger partial charge >= 0.3 is 0 Å². The highest BCUT2D eigenvalue weighted by atomic mass is 16.5. The van der Waals surface area contributed by atoms with Gasteiger partial charge in [-0.3, -0.25) is 14.3 Å². The Kier molecular flexibility index (Phi) is 5.82. The van der Waals surface area contributed by atoms with Gasteiger partial charge < -0.3 is 19.4 Å². The molecule has 2 aromatic rings. The van der Waals surface area contributed by atoms with Crippen LogP contribution in [0, 0.1) is 19.8 Å². The molecule has 4 atom stereocenters. The summed E-state index contributed by atoms with van der Waals surface area (Å²) in [6, 6.07) is 6.42. The van der Waals surface area contributed by atoms with Gasteiger partial charge in [-0.05, 0) is 63.6 Å². The fourth-order valence-electron chi connectivity index (χ4n) is 6.49. The Morgan fingerprint density at radius 2 is 1.75 bits per heavy atom. The molecule has 4 aliphatic rings. The molecule has 1 aromatic carbocycles. The highest BCUT2D eigenvalue weighted by molar-refractivity contribution is 5.94. The fraction of sp³-hybridized carbons (Fsp3) is 0.607.